The van der Waals surface area contributed by atoms with Gasteiger partial charge in [-0.3, -0.25) is 18.9 Å². The van der Waals surface area contributed by atoms with E-state index in [9.17, 15) is 41.2 Å². The minimum Gasteiger partial charge on any atom is -0.463 e. The molecule has 1 N–H and O–H groups in total. The molecular weight excluding hydrogens is 746 g/mol. The van der Waals surface area contributed by atoms with Crippen LogP contribution in [-0.2, 0) is 57.8 Å². The van der Waals surface area contributed by atoms with Crippen LogP contribution in [0.4, 0.5) is 8.78 Å². The summed E-state index contributed by atoms with van der Waals surface area (Å²) >= 11 is 0. The van der Waals surface area contributed by atoms with Crippen molar-refractivity contribution in [2.24, 2.45) is 52.8 Å². The Bertz CT molecular complexity index is 1620. The first-order valence-corrected chi connectivity index (χ1v) is 21.7. The molecule has 0 amide bonds. The van der Waals surface area contributed by atoms with Gasteiger partial charge >= 0.3 is 33.3 Å². The number of carbonyl (C=O) groups is 5. The molecule has 1 heterocycles. The molecule has 6 bridgehead atoms. The quantitative estimate of drug-likeness (QED) is 0.115. The number of Topliss-reactive ketones (excluding diaryl/α,β-unsaturated/α-hetero) is 1. The minimum atomic E-state index is -6.07. The van der Waals surface area contributed by atoms with Gasteiger partial charge in [-0.15, -0.1) is 0 Å². The molecule has 6 aliphatic carbocycles. The zero-order valence-corrected chi connectivity index (χ0v) is 32.2. The normalized spacial score (nSPS) is 41.5. The molecule has 0 radical (unpaired) electrons. The number of fused-ring (bicyclic) bond motifs is 6. The number of rotatable bonds is 12. The summed E-state index contributed by atoms with van der Waals surface area (Å²) in [7, 11) is -6.07. The third kappa shape index (κ3) is 8.12. The summed E-state index contributed by atoms with van der Waals surface area (Å²) in [5.74, 6) is -4.01. The highest BCUT2D eigenvalue weighted by Gasteiger charge is 2.59. The number of hydrogen-bond acceptors (Lipinski definition) is 12. The zero-order valence-electron chi connectivity index (χ0n) is 31.4. The maximum Gasteiger partial charge on any atom is 0.465 e. The van der Waals surface area contributed by atoms with E-state index in [1.165, 1.54) is 0 Å². The molecule has 13 unspecified atom stereocenters. The fraction of sp³-hybridized carbons (Fsp3) is 0.872. The minimum absolute atomic E-state index is 0.00905. The number of aldehydes is 1. The molecule has 7 fully saturated rings. The highest BCUT2D eigenvalue weighted by molar-refractivity contribution is 7.87. The second-order valence-corrected chi connectivity index (χ2v) is 19.3. The lowest BCUT2D eigenvalue weighted by atomic mass is 9.59. The van der Waals surface area contributed by atoms with E-state index in [2.05, 4.69) is 0 Å². The van der Waals surface area contributed by atoms with Crippen molar-refractivity contribution in [3.8, 4) is 0 Å². The Labute approximate surface area is 320 Å². The van der Waals surface area contributed by atoms with Crippen molar-refractivity contribution in [2.45, 2.75) is 145 Å². The monoisotopic (exact) mass is 800 g/mol. The third-order valence-electron chi connectivity index (χ3n) is 14.3. The van der Waals surface area contributed by atoms with E-state index >= 15 is 0 Å². The van der Waals surface area contributed by atoms with E-state index in [-0.39, 0.29) is 73.8 Å². The van der Waals surface area contributed by atoms with Crippen molar-refractivity contribution < 1.29 is 69.4 Å². The van der Waals surface area contributed by atoms with Crippen molar-refractivity contribution in [3.63, 3.8) is 0 Å². The van der Waals surface area contributed by atoms with Crippen LogP contribution in [0.5, 0.6) is 0 Å². The largest absolute Gasteiger partial charge is 0.465 e. The van der Waals surface area contributed by atoms with Gasteiger partial charge in [0, 0.05) is 24.2 Å². The molecule has 1 saturated heterocycles. The first-order chi connectivity index (χ1) is 26.0. The molecule has 13 nitrogen and oxygen atoms in total. The highest BCUT2D eigenvalue weighted by atomic mass is 32.2. The number of hydrogen-bond donors (Lipinski definition) is 1. The van der Waals surface area contributed by atoms with Gasteiger partial charge in [-0.1, -0.05) is 32.6 Å². The lowest BCUT2D eigenvalue weighted by Crippen LogP contribution is -2.51. The van der Waals surface area contributed by atoms with Crippen LogP contribution in [0.2, 0.25) is 0 Å². The summed E-state index contributed by atoms with van der Waals surface area (Å²) in [5, 5.41) is -5.14. The first-order valence-electron chi connectivity index (χ1n) is 20.3. The van der Waals surface area contributed by atoms with E-state index in [0.29, 0.717) is 57.8 Å². The van der Waals surface area contributed by atoms with Crippen molar-refractivity contribution >= 4 is 40.1 Å². The van der Waals surface area contributed by atoms with Gasteiger partial charge in [-0.25, -0.2) is 4.79 Å². The fourth-order valence-electron chi connectivity index (χ4n) is 11.9. The van der Waals surface area contributed by atoms with Gasteiger partial charge in [0.2, 0.25) is 0 Å². The molecule has 0 aromatic heterocycles. The molecule has 7 aliphatic rings. The Morgan fingerprint density at radius 1 is 0.909 bits per heavy atom. The Kier molecular flexibility index (Phi) is 11.6. The van der Waals surface area contributed by atoms with Crippen LogP contribution in [0.3, 0.4) is 0 Å². The van der Waals surface area contributed by atoms with Gasteiger partial charge < -0.3 is 28.5 Å². The van der Waals surface area contributed by atoms with Crippen molar-refractivity contribution in [2.75, 3.05) is 13.2 Å². The molecule has 55 heavy (non-hydrogen) atoms. The number of alkyl halides is 2. The molecule has 308 valence electrons. The van der Waals surface area contributed by atoms with Crippen LogP contribution < -0.4 is 0 Å². The maximum atomic E-state index is 14.3. The summed E-state index contributed by atoms with van der Waals surface area (Å²) < 4.78 is 90.3. The molecule has 16 heteroatoms. The van der Waals surface area contributed by atoms with Gasteiger partial charge in [-0.2, -0.15) is 17.2 Å². The van der Waals surface area contributed by atoms with E-state index in [4.69, 9.17) is 28.2 Å². The highest BCUT2D eigenvalue weighted by Crippen LogP contribution is 2.53. The summed E-state index contributed by atoms with van der Waals surface area (Å²) in [5.41, 5.74) is -2.23. The summed E-state index contributed by atoms with van der Waals surface area (Å²) in [4.78, 5) is 64.6. The second kappa shape index (κ2) is 15.7. The van der Waals surface area contributed by atoms with E-state index in [1.54, 1.807) is 0 Å². The maximum absolute atomic E-state index is 14.3. The molecule has 0 aromatic rings. The Hall–Kier alpha value is -2.56. The average molecular weight is 801 g/mol. The summed E-state index contributed by atoms with van der Waals surface area (Å²) in [6, 6.07) is 0. The standard InChI is InChI=1S/C39H54F2O13S/c1-2-27-28-13-22(7-8-30(28)43)14-29(27)33(44)50-20-31-32(21-51-35(45)37-9-3-5-23(15-37)11-25(16-37)19-42)53-34(52-31)26-12-24-6-4-10-38(17-24,18-26)54-36(46)39(40,41)55(47,48)49/h19,22-29,31-32,34H,2-18,20-21H2,1H3,(H,47,48,49). The molecule has 1 aliphatic heterocycles. The van der Waals surface area contributed by atoms with Gasteiger partial charge in [0.1, 0.15) is 43.1 Å². The van der Waals surface area contributed by atoms with Crippen LogP contribution in [0.15, 0.2) is 0 Å². The number of ether oxygens (including phenoxy) is 5. The Morgan fingerprint density at radius 2 is 1.60 bits per heavy atom. The van der Waals surface area contributed by atoms with E-state index in [0.717, 1.165) is 38.4 Å². The topological polar surface area (TPSA) is 186 Å². The SMILES string of the molecule is CCC1C2CC(CCC2=O)CC1C(=O)OCC1OC(C2CC3CCCC(OC(=O)C(F)(F)S(=O)(=O)O)(C3)C2)OC1COC(=O)C12CCCC(CC(C=O)C1)C2. The molecule has 7 rings (SSSR count). The van der Waals surface area contributed by atoms with E-state index in [1.807, 2.05) is 6.92 Å². The molecule has 0 aromatic carbocycles. The van der Waals surface area contributed by atoms with Gasteiger partial charge in [0.25, 0.3) is 0 Å². The third-order valence-corrected chi connectivity index (χ3v) is 15.1. The molecular formula is C39H54F2O13S. The fourth-order valence-corrected chi connectivity index (χ4v) is 12.1. The average Bonchev–Trinajstić information content (AvgIpc) is 3.56. The Morgan fingerprint density at radius 3 is 2.29 bits per heavy atom. The lowest BCUT2D eigenvalue weighted by Gasteiger charge is -2.48. The van der Waals surface area contributed by atoms with Crippen molar-refractivity contribution in [3.05, 3.63) is 0 Å². The number of ketones is 1. The predicted molar refractivity (Wildman–Crippen MR) is 186 cm³/mol. The molecule has 0 spiro atoms. The second-order valence-electron chi connectivity index (χ2n) is 17.9. The number of esters is 3. The summed E-state index contributed by atoms with van der Waals surface area (Å²) in [6.07, 6.45) is 7.98. The predicted octanol–water partition coefficient (Wildman–Crippen LogP) is 5.36. The summed E-state index contributed by atoms with van der Waals surface area (Å²) in [6.45, 7) is 1.51. The number of carbonyl (C=O) groups excluding carboxylic acids is 5. The van der Waals surface area contributed by atoms with Gasteiger partial charge in [-0.05, 0) is 101 Å². The van der Waals surface area contributed by atoms with Crippen molar-refractivity contribution in [1.29, 1.82) is 0 Å². The number of halogens is 2. The smallest absolute Gasteiger partial charge is 0.463 e. The van der Waals surface area contributed by atoms with Gasteiger partial charge in [0.05, 0.1) is 11.3 Å². The van der Waals surface area contributed by atoms with Crippen LogP contribution in [0, 0.1) is 52.8 Å². The molecule has 6 saturated carbocycles. The van der Waals surface area contributed by atoms with Gasteiger partial charge in [0.15, 0.2) is 6.29 Å². The first kappa shape index (κ1) is 40.6. The zero-order chi connectivity index (χ0) is 39.3. The van der Waals surface area contributed by atoms with Crippen LogP contribution >= 0.6 is 0 Å². The van der Waals surface area contributed by atoms with Crippen LogP contribution in [0.1, 0.15) is 116 Å². The van der Waals surface area contributed by atoms with Crippen LogP contribution in [0.25, 0.3) is 0 Å². The van der Waals surface area contributed by atoms with Crippen LogP contribution in [-0.4, -0.2) is 85.5 Å². The molecule has 13 atom stereocenters. The lowest BCUT2D eigenvalue weighted by molar-refractivity contribution is -0.202. The Balaban J connectivity index is 1.07. The van der Waals surface area contributed by atoms with E-state index < -0.39 is 74.6 Å². The van der Waals surface area contributed by atoms with Crippen molar-refractivity contribution in [1.82, 2.24) is 0 Å².